The van der Waals surface area contributed by atoms with Gasteiger partial charge < -0.3 is 0 Å². The number of imidazole rings is 1. The maximum atomic E-state index is 3.79. The molecule has 2 heteroatoms. The molecule has 0 aliphatic carbocycles. The van der Waals surface area contributed by atoms with E-state index in [9.17, 15) is 0 Å². The molecule has 0 radical (unpaired) electrons. The third-order valence-corrected chi connectivity index (χ3v) is 12.6. The molecule has 0 spiro atoms. The van der Waals surface area contributed by atoms with Crippen LogP contribution in [0.15, 0.2) is 12.4 Å². The van der Waals surface area contributed by atoms with E-state index in [1.54, 1.807) is 5.82 Å². The van der Waals surface area contributed by atoms with Crippen molar-refractivity contribution in [3.8, 4) is 0 Å². The van der Waals surface area contributed by atoms with Crippen molar-refractivity contribution in [1.82, 2.24) is 4.98 Å². The van der Waals surface area contributed by atoms with Crippen LogP contribution in [0.5, 0.6) is 0 Å². The first kappa shape index (κ1) is 50.2. The highest BCUT2D eigenvalue weighted by Gasteiger charge is 2.25. The number of H-pyrrole nitrogens is 1. The molecule has 1 aromatic heterocycles. The van der Waals surface area contributed by atoms with Gasteiger partial charge in [0.15, 0.2) is 0 Å². The quantitative estimate of drug-likeness (QED) is 0.0507. The van der Waals surface area contributed by atoms with Crippen LogP contribution in [0.4, 0.5) is 0 Å². The van der Waals surface area contributed by atoms with E-state index < -0.39 is 0 Å². The van der Waals surface area contributed by atoms with Gasteiger partial charge in [0.25, 0.3) is 5.82 Å². The third-order valence-electron chi connectivity index (χ3n) is 12.6. The Hall–Kier alpha value is -0.790. The van der Waals surface area contributed by atoms with Gasteiger partial charge in [0, 0.05) is 0 Å². The van der Waals surface area contributed by atoms with Gasteiger partial charge >= 0.3 is 0 Å². The van der Waals surface area contributed by atoms with Gasteiger partial charge in [0.2, 0.25) is 0 Å². The van der Waals surface area contributed by atoms with Gasteiger partial charge in [-0.2, -0.15) is 0 Å². The van der Waals surface area contributed by atoms with E-state index in [1.165, 1.54) is 270 Å². The molecule has 2 nitrogen and oxygen atoms in total. The molecular formula is C51H101N2+. The molecule has 0 bridgehead atoms. The lowest BCUT2D eigenvalue weighted by Crippen LogP contribution is -2.41. The van der Waals surface area contributed by atoms with Crippen molar-refractivity contribution in [3.05, 3.63) is 18.2 Å². The lowest BCUT2D eigenvalue weighted by molar-refractivity contribution is -0.727. The van der Waals surface area contributed by atoms with Crippen molar-refractivity contribution >= 4 is 0 Å². The van der Waals surface area contributed by atoms with E-state index in [2.05, 4.69) is 49.6 Å². The topological polar surface area (TPSA) is 19.7 Å². The minimum atomic E-state index is 0.616. The molecule has 1 atom stereocenters. The van der Waals surface area contributed by atoms with Crippen LogP contribution in [0.25, 0.3) is 0 Å². The second-order valence-electron chi connectivity index (χ2n) is 17.9. The van der Waals surface area contributed by atoms with Crippen molar-refractivity contribution in [1.29, 1.82) is 0 Å². The minimum Gasteiger partial charge on any atom is -0.247 e. The number of hydrogen-bond acceptors (Lipinski definition) is 0. The van der Waals surface area contributed by atoms with Gasteiger partial charge in [-0.25, -0.2) is 9.55 Å². The van der Waals surface area contributed by atoms with Crippen molar-refractivity contribution < 1.29 is 4.57 Å². The largest absolute Gasteiger partial charge is 0.257 e. The number of hydrogen-bond donors (Lipinski definition) is 1. The summed E-state index contributed by atoms with van der Waals surface area (Å²) in [5.41, 5.74) is 0. The van der Waals surface area contributed by atoms with Gasteiger partial charge in [-0.15, -0.1) is 0 Å². The first-order valence-electron chi connectivity index (χ1n) is 25.3. The van der Waals surface area contributed by atoms with Crippen molar-refractivity contribution in [2.75, 3.05) is 0 Å². The zero-order valence-corrected chi connectivity index (χ0v) is 37.5. The predicted molar refractivity (Wildman–Crippen MR) is 239 cm³/mol. The van der Waals surface area contributed by atoms with Crippen LogP contribution in [0.1, 0.15) is 315 Å². The highest BCUT2D eigenvalue weighted by molar-refractivity contribution is 4.90. The average Bonchev–Trinajstić information content (AvgIpc) is 3.66. The Morgan fingerprint density at radius 2 is 0.604 bits per heavy atom. The molecule has 0 amide bonds. The van der Waals surface area contributed by atoms with E-state index >= 15 is 0 Å². The first-order chi connectivity index (χ1) is 26.2. The van der Waals surface area contributed by atoms with E-state index in [1.807, 2.05) is 0 Å². The molecule has 0 fully saturated rings. The number of unbranched alkanes of at least 4 members (excludes halogenated alkanes) is 36. The Morgan fingerprint density at radius 1 is 0.358 bits per heavy atom. The lowest BCUT2D eigenvalue weighted by atomic mass is 9.92. The van der Waals surface area contributed by atoms with Crippen molar-refractivity contribution in [3.63, 3.8) is 0 Å². The fraction of sp³-hybridized carbons (Fsp3) is 0.941. The van der Waals surface area contributed by atoms with Crippen LogP contribution in [-0.4, -0.2) is 4.98 Å². The number of nitrogens with zero attached hydrogens (tertiary/aromatic N) is 1. The Morgan fingerprint density at radius 3 is 0.887 bits per heavy atom. The zero-order chi connectivity index (χ0) is 38.1. The molecular weight excluding hydrogens is 641 g/mol. The van der Waals surface area contributed by atoms with E-state index in [-0.39, 0.29) is 0 Å². The number of rotatable bonds is 44. The first-order valence-corrected chi connectivity index (χ1v) is 25.3. The molecule has 0 aliphatic rings. The van der Waals surface area contributed by atoms with E-state index in [0.717, 1.165) is 0 Å². The maximum Gasteiger partial charge on any atom is 0.257 e. The summed E-state index contributed by atoms with van der Waals surface area (Å²) in [6, 6.07) is 0.616. The molecule has 1 N–H and O–H groups in total. The van der Waals surface area contributed by atoms with E-state index in [4.69, 9.17) is 0 Å². The Bertz CT molecular complexity index is 781. The zero-order valence-electron chi connectivity index (χ0n) is 37.5. The van der Waals surface area contributed by atoms with Crippen molar-refractivity contribution in [2.45, 2.75) is 309 Å². The summed E-state index contributed by atoms with van der Waals surface area (Å²) in [4.78, 5) is 3.79. The summed E-state index contributed by atoms with van der Waals surface area (Å²) in [5.74, 6) is 2.25. The van der Waals surface area contributed by atoms with Crippen LogP contribution < -0.4 is 4.57 Å². The standard InChI is InChI=1S/C51H100N2/c1-5-8-11-14-17-20-23-25-27-30-33-36-39-42-45-50(46-43-40-37-34-31-28-26-24-21-18-15-12-9-6-2)51-52-47-48-53(51)49(4)44-41-38-35-32-29-22-19-16-13-10-7-3/h47-50H,5-46H2,1-4H3/p+1. The average molecular weight is 742 g/mol. The second-order valence-corrected chi connectivity index (χ2v) is 17.9. The molecule has 314 valence electrons. The Kier molecular flexibility index (Phi) is 38.7. The number of aromatic nitrogens is 2. The smallest absolute Gasteiger partial charge is 0.247 e. The van der Waals surface area contributed by atoms with Crippen LogP contribution in [-0.2, 0) is 0 Å². The summed E-state index contributed by atoms with van der Waals surface area (Å²) in [7, 11) is 0. The molecule has 0 aromatic carbocycles. The van der Waals surface area contributed by atoms with Gasteiger partial charge in [-0.05, 0) is 32.6 Å². The summed E-state index contributed by atoms with van der Waals surface area (Å²) < 4.78 is 2.66. The lowest BCUT2D eigenvalue weighted by Gasteiger charge is -2.17. The summed E-state index contributed by atoms with van der Waals surface area (Å²) in [6.07, 6.45) is 65.1. The molecule has 1 aromatic rings. The predicted octanol–water partition coefficient (Wildman–Crippen LogP) is 18.4. The fourth-order valence-electron chi connectivity index (χ4n) is 8.90. The fourth-order valence-corrected chi connectivity index (χ4v) is 8.90. The van der Waals surface area contributed by atoms with Gasteiger partial charge in [0.1, 0.15) is 12.4 Å². The maximum absolute atomic E-state index is 3.79. The van der Waals surface area contributed by atoms with Crippen LogP contribution in [0, 0.1) is 0 Å². The summed E-state index contributed by atoms with van der Waals surface area (Å²) >= 11 is 0. The van der Waals surface area contributed by atoms with E-state index in [0.29, 0.717) is 12.0 Å². The monoisotopic (exact) mass is 742 g/mol. The third kappa shape index (κ3) is 32.0. The van der Waals surface area contributed by atoms with Crippen molar-refractivity contribution in [2.24, 2.45) is 0 Å². The number of aromatic amines is 1. The van der Waals surface area contributed by atoms with Gasteiger partial charge in [-0.3, -0.25) is 0 Å². The summed E-state index contributed by atoms with van der Waals surface area (Å²) in [5, 5.41) is 0. The van der Waals surface area contributed by atoms with Crippen LogP contribution in [0.2, 0.25) is 0 Å². The Labute approximate surface area is 336 Å². The number of nitrogens with one attached hydrogen (secondary N) is 1. The van der Waals surface area contributed by atoms with Gasteiger partial charge in [-0.1, -0.05) is 265 Å². The minimum absolute atomic E-state index is 0.616. The summed E-state index contributed by atoms with van der Waals surface area (Å²) in [6.45, 7) is 9.44. The Balaban J connectivity index is 2.37. The molecule has 0 aliphatic heterocycles. The normalized spacial score (nSPS) is 12.4. The van der Waals surface area contributed by atoms with Crippen LogP contribution >= 0.6 is 0 Å². The highest BCUT2D eigenvalue weighted by atomic mass is 15.1. The molecule has 1 unspecified atom stereocenters. The van der Waals surface area contributed by atoms with Gasteiger partial charge in [0.05, 0.1) is 12.0 Å². The highest BCUT2D eigenvalue weighted by Crippen LogP contribution is 2.28. The SMILES string of the molecule is CCCCCCCCCCCCCCCCC(CCCCCCCCCCCCCCCC)c1[nH]cc[n+]1C(C)CCCCCCCCCCCCC. The second kappa shape index (κ2) is 40.9. The molecule has 1 heterocycles. The molecule has 1 rings (SSSR count). The molecule has 0 saturated carbocycles. The van der Waals surface area contributed by atoms with Crippen LogP contribution in [0.3, 0.4) is 0 Å². The molecule has 0 saturated heterocycles. The molecule has 53 heavy (non-hydrogen) atoms.